The molecule has 0 radical (unpaired) electrons. The van der Waals surface area contributed by atoms with Crippen molar-refractivity contribution in [3.8, 4) is 0 Å². The van der Waals surface area contributed by atoms with Crippen molar-refractivity contribution in [1.82, 2.24) is 0 Å². The summed E-state index contributed by atoms with van der Waals surface area (Å²) in [6, 6.07) is 12.0. The van der Waals surface area contributed by atoms with Gasteiger partial charge in [0.25, 0.3) is 5.91 Å². The monoisotopic (exact) mass is 408 g/mol. The fraction of sp³-hybridized carbons (Fsp3) is 0.350. The average Bonchev–Trinajstić information content (AvgIpc) is 2.69. The van der Waals surface area contributed by atoms with Crippen LogP contribution < -0.4 is 10.2 Å². The van der Waals surface area contributed by atoms with Crippen LogP contribution in [0.15, 0.2) is 53.4 Å². The van der Waals surface area contributed by atoms with E-state index in [-0.39, 0.29) is 5.56 Å². The van der Waals surface area contributed by atoms with E-state index in [1.807, 2.05) is 12.1 Å². The zero-order valence-corrected chi connectivity index (χ0v) is 16.3. The number of alkyl halides is 2. The summed E-state index contributed by atoms with van der Waals surface area (Å²) in [7, 11) is -4.67. The van der Waals surface area contributed by atoms with Crippen LogP contribution in [0.5, 0.6) is 0 Å². The number of sulfone groups is 1. The van der Waals surface area contributed by atoms with Crippen LogP contribution in [0.2, 0.25) is 0 Å². The summed E-state index contributed by atoms with van der Waals surface area (Å²) < 4.78 is 48.0. The van der Waals surface area contributed by atoms with Crippen LogP contribution in [0.3, 0.4) is 0 Å². The molecular weight excluding hydrogens is 386 g/mol. The molecule has 2 aromatic carbocycles. The summed E-state index contributed by atoms with van der Waals surface area (Å²) in [6.45, 7) is 4.28. The average molecular weight is 408 g/mol. The molecule has 1 amide bonds. The standard InChI is InChI=1S/C20H22F2N2O3S/c1-14-10-12-24(13-11-14)17-6-4-16(5-7-17)23-19(25)15-2-8-18(9-3-15)28(26,27)20(21)22/h2-9,14,20H,10-13H2,1H3,(H,23,25). The molecule has 1 N–H and O–H groups in total. The van der Waals surface area contributed by atoms with Crippen molar-refractivity contribution in [2.45, 2.75) is 30.4 Å². The molecule has 0 aromatic heterocycles. The Morgan fingerprint density at radius 1 is 1.04 bits per heavy atom. The summed E-state index contributed by atoms with van der Waals surface area (Å²) in [4.78, 5) is 14.1. The van der Waals surface area contributed by atoms with Gasteiger partial charge in [-0.1, -0.05) is 6.92 Å². The highest BCUT2D eigenvalue weighted by molar-refractivity contribution is 7.91. The first-order valence-corrected chi connectivity index (χ1v) is 10.6. The molecule has 28 heavy (non-hydrogen) atoms. The lowest BCUT2D eigenvalue weighted by molar-refractivity contribution is 0.102. The van der Waals surface area contributed by atoms with E-state index in [9.17, 15) is 22.0 Å². The lowest BCUT2D eigenvalue weighted by Gasteiger charge is -2.32. The quantitative estimate of drug-likeness (QED) is 0.806. The summed E-state index contributed by atoms with van der Waals surface area (Å²) in [6.07, 6.45) is 2.32. The first-order valence-electron chi connectivity index (χ1n) is 9.06. The van der Waals surface area contributed by atoms with Gasteiger partial charge in [-0.2, -0.15) is 8.78 Å². The maximum Gasteiger partial charge on any atom is 0.341 e. The van der Waals surface area contributed by atoms with Gasteiger partial charge in [0.05, 0.1) is 4.90 Å². The van der Waals surface area contributed by atoms with Crippen molar-refractivity contribution in [3.63, 3.8) is 0 Å². The van der Waals surface area contributed by atoms with Crippen molar-refractivity contribution in [1.29, 1.82) is 0 Å². The maximum atomic E-state index is 12.6. The number of rotatable bonds is 5. The first-order chi connectivity index (χ1) is 13.3. The van der Waals surface area contributed by atoms with Crippen molar-refractivity contribution in [2.75, 3.05) is 23.3 Å². The minimum atomic E-state index is -4.67. The lowest BCUT2D eigenvalue weighted by Crippen LogP contribution is -2.32. The highest BCUT2D eigenvalue weighted by Gasteiger charge is 2.26. The minimum Gasteiger partial charge on any atom is -0.372 e. The van der Waals surface area contributed by atoms with Crippen LogP contribution >= 0.6 is 0 Å². The zero-order chi connectivity index (χ0) is 20.3. The van der Waals surface area contributed by atoms with Crippen LogP contribution in [0.1, 0.15) is 30.1 Å². The zero-order valence-electron chi connectivity index (χ0n) is 15.4. The van der Waals surface area contributed by atoms with Crippen LogP contribution in [0, 0.1) is 5.92 Å². The Morgan fingerprint density at radius 2 is 1.61 bits per heavy atom. The second-order valence-electron chi connectivity index (χ2n) is 7.00. The number of benzene rings is 2. The molecule has 0 aliphatic carbocycles. The van der Waals surface area contributed by atoms with Gasteiger partial charge in [0.15, 0.2) is 0 Å². The van der Waals surface area contributed by atoms with Crippen LogP contribution in [0.4, 0.5) is 20.2 Å². The highest BCUT2D eigenvalue weighted by Crippen LogP contribution is 2.24. The Kier molecular flexibility index (Phi) is 5.98. The van der Waals surface area contributed by atoms with E-state index >= 15 is 0 Å². The van der Waals surface area contributed by atoms with Gasteiger partial charge < -0.3 is 10.2 Å². The smallest absolute Gasteiger partial charge is 0.341 e. The molecule has 0 bridgehead atoms. The first kappa shape index (κ1) is 20.3. The second-order valence-corrected chi connectivity index (χ2v) is 8.92. The third-order valence-corrected chi connectivity index (χ3v) is 6.35. The number of carbonyl (C=O) groups excluding carboxylic acids is 1. The van der Waals surface area contributed by atoms with Crippen LogP contribution in [-0.4, -0.2) is 33.2 Å². The number of piperidine rings is 1. The van der Waals surface area contributed by atoms with Gasteiger partial charge in [-0.25, -0.2) is 8.42 Å². The van der Waals surface area contributed by atoms with Crippen molar-refractivity contribution in [2.24, 2.45) is 5.92 Å². The molecule has 0 spiro atoms. The topological polar surface area (TPSA) is 66.5 Å². The normalized spacial score (nSPS) is 15.6. The summed E-state index contributed by atoms with van der Waals surface area (Å²) in [5.41, 5.74) is 1.89. The number of nitrogens with zero attached hydrogens (tertiary/aromatic N) is 1. The van der Waals surface area contributed by atoms with Gasteiger partial charge in [0, 0.05) is 30.0 Å². The molecule has 150 valence electrons. The molecule has 0 saturated carbocycles. The van der Waals surface area contributed by atoms with E-state index in [2.05, 4.69) is 17.1 Å². The molecule has 1 aliphatic heterocycles. The van der Waals surface area contributed by atoms with Gasteiger partial charge in [0.1, 0.15) is 0 Å². The summed E-state index contributed by atoms with van der Waals surface area (Å²) in [5, 5.41) is 2.72. The minimum absolute atomic E-state index is 0.183. The van der Waals surface area contributed by atoms with Crippen LogP contribution in [0.25, 0.3) is 0 Å². The number of nitrogens with one attached hydrogen (secondary N) is 1. The Bertz CT molecular complexity index is 921. The third kappa shape index (κ3) is 4.49. The Labute approximate surface area is 163 Å². The van der Waals surface area contributed by atoms with Crippen LogP contribution in [-0.2, 0) is 9.84 Å². The van der Waals surface area contributed by atoms with E-state index in [1.165, 1.54) is 12.1 Å². The lowest BCUT2D eigenvalue weighted by atomic mass is 9.99. The molecule has 1 fully saturated rings. The highest BCUT2D eigenvalue weighted by atomic mass is 32.2. The van der Waals surface area contributed by atoms with Crippen molar-refractivity contribution in [3.05, 3.63) is 54.1 Å². The molecule has 8 heteroatoms. The van der Waals surface area contributed by atoms with Gasteiger partial charge >= 0.3 is 5.76 Å². The van der Waals surface area contributed by atoms with E-state index < -0.39 is 26.4 Å². The Morgan fingerprint density at radius 3 is 2.14 bits per heavy atom. The molecular formula is C20H22F2N2O3S. The van der Waals surface area contributed by atoms with E-state index in [0.717, 1.165) is 49.7 Å². The number of hydrogen-bond acceptors (Lipinski definition) is 4. The molecule has 1 heterocycles. The SMILES string of the molecule is CC1CCN(c2ccc(NC(=O)c3ccc(S(=O)(=O)C(F)F)cc3)cc2)CC1. The fourth-order valence-corrected chi connectivity index (χ4v) is 3.85. The van der Waals surface area contributed by atoms with Gasteiger partial charge in [-0.3, -0.25) is 4.79 Å². The predicted octanol–water partition coefficient (Wildman–Crippen LogP) is 4.17. The maximum absolute atomic E-state index is 12.6. The summed E-state index contributed by atoms with van der Waals surface area (Å²) in [5.74, 6) is -3.19. The van der Waals surface area contributed by atoms with E-state index in [4.69, 9.17) is 0 Å². The summed E-state index contributed by atoms with van der Waals surface area (Å²) >= 11 is 0. The predicted molar refractivity (Wildman–Crippen MR) is 105 cm³/mol. The largest absolute Gasteiger partial charge is 0.372 e. The molecule has 0 unspecified atom stereocenters. The third-order valence-electron chi connectivity index (χ3n) is 4.95. The molecule has 3 rings (SSSR count). The van der Waals surface area contributed by atoms with E-state index in [0.29, 0.717) is 5.69 Å². The molecule has 2 aromatic rings. The fourth-order valence-electron chi connectivity index (χ4n) is 3.12. The van der Waals surface area contributed by atoms with E-state index in [1.54, 1.807) is 12.1 Å². The molecule has 5 nitrogen and oxygen atoms in total. The number of carbonyl (C=O) groups is 1. The molecule has 1 saturated heterocycles. The number of halogens is 2. The Hall–Kier alpha value is -2.48. The number of hydrogen-bond donors (Lipinski definition) is 1. The van der Waals surface area contributed by atoms with Crippen molar-refractivity contribution < 1.29 is 22.0 Å². The van der Waals surface area contributed by atoms with Gasteiger partial charge in [-0.05, 0) is 67.3 Å². The Balaban J connectivity index is 1.64. The van der Waals surface area contributed by atoms with Gasteiger partial charge in [0.2, 0.25) is 9.84 Å². The second kappa shape index (κ2) is 8.26. The number of amides is 1. The molecule has 1 aliphatic rings. The number of anilines is 2. The van der Waals surface area contributed by atoms with Crippen molar-refractivity contribution >= 4 is 27.1 Å². The van der Waals surface area contributed by atoms with Gasteiger partial charge in [-0.15, -0.1) is 0 Å². The molecule has 0 atom stereocenters.